The Kier molecular flexibility index (Phi) is 5.72. The number of phenolic OH excluding ortho intramolecular Hbond substituents is 1. The number of hydrazone groups is 1. The van der Waals surface area contributed by atoms with Crippen molar-refractivity contribution in [2.24, 2.45) is 5.10 Å². The average molecular weight is 376 g/mol. The van der Waals surface area contributed by atoms with Crippen molar-refractivity contribution in [3.63, 3.8) is 0 Å². The maximum atomic E-state index is 12.9. The maximum Gasteiger partial charge on any atom is 0.281 e. The van der Waals surface area contributed by atoms with Crippen LogP contribution in [-0.4, -0.2) is 29.4 Å². The first kappa shape index (κ1) is 19.1. The lowest BCUT2D eigenvalue weighted by atomic mass is 9.85. The quantitative estimate of drug-likeness (QED) is 0.456. The number of amides is 1. The molecule has 0 aromatic heterocycles. The van der Waals surface area contributed by atoms with Gasteiger partial charge in [0.2, 0.25) is 0 Å². The highest BCUT2D eigenvalue weighted by Gasteiger charge is 2.39. The van der Waals surface area contributed by atoms with Crippen LogP contribution in [0.2, 0.25) is 0 Å². The number of hydrogen-bond donors (Lipinski definition) is 3. The van der Waals surface area contributed by atoms with Gasteiger partial charge >= 0.3 is 0 Å². The number of para-hydroxylation sites is 1. The van der Waals surface area contributed by atoms with E-state index in [0.29, 0.717) is 22.4 Å². The molecule has 0 unspecified atom stereocenters. The molecule has 3 N–H and O–H groups in total. The average Bonchev–Trinajstić information content (AvgIpc) is 2.75. The number of methoxy groups -OCH3 is 1. The summed E-state index contributed by atoms with van der Waals surface area (Å²) in [4.78, 5) is 12.9. The number of benzene rings is 3. The van der Waals surface area contributed by atoms with E-state index in [0.717, 1.165) is 0 Å². The number of nitrogens with zero attached hydrogens (tertiary/aromatic N) is 1. The van der Waals surface area contributed by atoms with Gasteiger partial charge < -0.3 is 14.9 Å². The van der Waals surface area contributed by atoms with Gasteiger partial charge in [0.15, 0.2) is 17.1 Å². The second kappa shape index (κ2) is 8.37. The summed E-state index contributed by atoms with van der Waals surface area (Å²) in [5, 5.41) is 25.3. The van der Waals surface area contributed by atoms with Crippen LogP contribution in [0.4, 0.5) is 0 Å². The number of nitrogens with one attached hydrogen (secondary N) is 1. The topological polar surface area (TPSA) is 91.2 Å². The number of ether oxygens (including phenoxy) is 1. The van der Waals surface area contributed by atoms with Crippen molar-refractivity contribution in [1.29, 1.82) is 0 Å². The Hall–Kier alpha value is -3.64. The molecule has 3 rings (SSSR count). The third kappa shape index (κ3) is 3.72. The van der Waals surface area contributed by atoms with Crippen molar-refractivity contribution in [3.05, 3.63) is 95.6 Å². The fourth-order valence-electron chi connectivity index (χ4n) is 2.84. The van der Waals surface area contributed by atoms with Gasteiger partial charge in [0.05, 0.1) is 13.3 Å². The molecule has 0 radical (unpaired) electrons. The highest BCUT2D eigenvalue weighted by atomic mass is 16.5. The molecule has 3 aromatic rings. The molecule has 0 atom stereocenters. The minimum absolute atomic E-state index is 0.0932. The Labute approximate surface area is 162 Å². The highest BCUT2D eigenvalue weighted by molar-refractivity contribution is 5.91. The van der Waals surface area contributed by atoms with E-state index in [1.165, 1.54) is 13.3 Å². The minimum atomic E-state index is -1.92. The van der Waals surface area contributed by atoms with Gasteiger partial charge in [-0.1, -0.05) is 66.7 Å². The predicted molar refractivity (Wildman–Crippen MR) is 106 cm³/mol. The summed E-state index contributed by atoms with van der Waals surface area (Å²) in [6.07, 6.45) is 1.28. The lowest BCUT2D eigenvalue weighted by Crippen LogP contribution is -2.43. The second-order valence-corrected chi connectivity index (χ2v) is 6.04. The van der Waals surface area contributed by atoms with Gasteiger partial charge in [0, 0.05) is 5.56 Å². The van der Waals surface area contributed by atoms with Gasteiger partial charge in [-0.25, -0.2) is 5.43 Å². The number of rotatable bonds is 6. The van der Waals surface area contributed by atoms with Gasteiger partial charge in [0.1, 0.15) is 0 Å². The Morgan fingerprint density at radius 1 is 0.964 bits per heavy atom. The molecule has 0 spiro atoms. The monoisotopic (exact) mass is 376 g/mol. The first-order chi connectivity index (χ1) is 13.6. The van der Waals surface area contributed by atoms with E-state index < -0.39 is 11.5 Å². The molecule has 0 aliphatic carbocycles. The number of aliphatic hydroxyl groups is 1. The number of phenols is 1. The smallest absolute Gasteiger partial charge is 0.281 e. The van der Waals surface area contributed by atoms with Crippen molar-refractivity contribution in [1.82, 2.24) is 5.43 Å². The van der Waals surface area contributed by atoms with Crippen LogP contribution in [0, 0.1) is 0 Å². The van der Waals surface area contributed by atoms with Crippen LogP contribution in [-0.2, 0) is 10.4 Å². The summed E-state index contributed by atoms with van der Waals surface area (Å²) in [5.74, 6) is -0.520. The highest BCUT2D eigenvalue weighted by Crippen LogP contribution is 2.30. The van der Waals surface area contributed by atoms with E-state index in [-0.39, 0.29) is 5.75 Å². The summed E-state index contributed by atoms with van der Waals surface area (Å²) in [7, 11) is 1.44. The standard InChI is InChI=1S/C22H20N2O4/c1-28-19-14-8-9-16(20(19)25)15-23-24-21(26)22(27,17-10-4-2-5-11-17)18-12-6-3-7-13-18/h2-15,25,27H,1H3,(H,24,26). The molecule has 142 valence electrons. The molecule has 28 heavy (non-hydrogen) atoms. The molecule has 1 amide bonds. The summed E-state index contributed by atoms with van der Waals surface area (Å²) in [6.45, 7) is 0. The molecule has 0 fully saturated rings. The molecular weight excluding hydrogens is 356 g/mol. The van der Waals surface area contributed by atoms with Crippen LogP contribution in [0.25, 0.3) is 0 Å². The SMILES string of the molecule is COc1cccc(C=NNC(=O)C(O)(c2ccccc2)c2ccccc2)c1O. The molecule has 0 saturated heterocycles. The Morgan fingerprint density at radius 3 is 2.07 bits per heavy atom. The number of carbonyl (C=O) groups is 1. The first-order valence-electron chi connectivity index (χ1n) is 8.60. The fraction of sp³-hybridized carbons (Fsp3) is 0.0909. The minimum Gasteiger partial charge on any atom is -0.504 e. The number of hydrogen-bond acceptors (Lipinski definition) is 5. The fourth-order valence-corrected chi connectivity index (χ4v) is 2.84. The Morgan fingerprint density at radius 2 is 1.54 bits per heavy atom. The third-order valence-corrected chi connectivity index (χ3v) is 4.33. The van der Waals surface area contributed by atoms with Crippen LogP contribution >= 0.6 is 0 Å². The molecule has 6 nitrogen and oxygen atoms in total. The van der Waals surface area contributed by atoms with E-state index >= 15 is 0 Å². The van der Waals surface area contributed by atoms with E-state index in [4.69, 9.17) is 4.74 Å². The van der Waals surface area contributed by atoms with E-state index in [2.05, 4.69) is 10.5 Å². The molecule has 0 bridgehead atoms. The van der Waals surface area contributed by atoms with E-state index in [1.54, 1.807) is 78.9 Å². The van der Waals surface area contributed by atoms with Crippen molar-refractivity contribution in [2.75, 3.05) is 7.11 Å². The van der Waals surface area contributed by atoms with E-state index in [1.807, 2.05) is 0 Å². The van der Waals surface area contributed by atoms with Gasteiger partial charge in [-0.05, 0) is 23.3 Å². The van der Waals surface area contributed by atoms with Crippen molar-refractivity contribution in [2.45, 2.75) is 5.60 Å². The molecule has 6 heteroatoms. The van der Waals surface area contributed by atoms with Crippen molar-refractivity contribution >= 4 is 12.1 Å². The van der Waals surface area contributed by atoms with Crippen molar-refractivity contribution in [3.8, 4) is 11.5 Å². The van der Waals surface area contributed by atoms with Crippen LogP contribution in [0.3, 0.4) is 0 Å². The van der Waals surface area contributed by atoms with Gasteiger partial charge in [-0.2, -0.15) is 5.10 Å². The lowest BCUT2D eigenvalue weighted by molar-refractivity contribution is -0.136. The molecule has 0 aliphatic rings. The zero-order chi connectivity index (χ0) is 20.0. The largest absolute Gasteiger partial charge is 0.504 e. The maximum absolute atomic E-state index is 12.9. The van der Waals surface area contributed by atoms with Crippen LogP contribution in [0.1, 0.15) is 16.7 Å². The van der Waals surface area contributed by atoms with Gasteiger partial charge in [0.25, 0.3) is 5.91 Å². The second-order valence-electron chi connectivity index (χ2n) is 6.04. The number of aromatic hydroxyl groups is 1. The lowest BCUT2D eigenvalue weighted by Gasteiger charge is -2.27. The summed E-state index contributed by atoms with van der Waals surface area (Å²) in [6, 6.07) is 22.2. The normalized spacial score (nSPS) is 11.4. The molecule has 0 saturated carbocycles. The summed E-state index contributed by atoms with van der Waals surface area (Å²) < 4.78 is 5.04. The summed E-state index contributed by atoms with van der Waals surface area (Å²) in [5.41, 5.74) is 1.64. The van der Waals surface area contributed by atoms with Gasteiger partial charge in [-0.15, -0.1) is 0 Å². The molecule has 0 heterocycles. The molecular formula is C22H20N2O4. The van der Waals surface area contributed by atoms with Gasteiger partial charge in [-0.3, -0.25) is 4.79 Å². The van der Waals surface area contributed by atoms with E-state index in [9.17, 15) is 15.0 Å². The first-order valence-corrected chi connectivity index (χ1v) is 8.60. The zero-order valence-electron chi connectivity index (χ0n) is 15.2. The third-order valence-electron chi connectivity index (χ3n) is 4.33. The van der Waals surface area contributed by atoms with Crippen LogP contribution < -0.4 is 10.2 Å². The van der Waals surface area contributed by atoms with Crippen molar-refractivity contribution < 1.29 is 19.7 Å². The molecule has 0 aliphatic heterocycles. The Balaban J connectivity index is 1.89. The summed E-state index contributed by atoms with van der Waals surface area (Å²) >= 11 is 0. The predicted octanol–water partition coefficient (Wildman–Crippen LogP) is 2.79. The number of carbonyl (C=O) groups excluding carboxylic acids is 1. The van der Waals surface area contributed by atoms with Crippen LogP contribution in [0.5, 0.6) is 11.5 Å². The molecule has 3 aromatic carbocycles. The van der Waals surface area contributed by atoms with Crippen LogP contribution in [0.15, 0.2) is 84.0 Å². The Bertz CT molecular complexity index is 933. The zero-order valence-corrected chi connectivity index (χ0v) is 15.2.